The molecule has 56 heavy (non-hydrogen) atoms. The van der Waals surface area contributed by atoms with Crippen molar-refractivity contribution in [1.82, 2.24) is 0 Å². The highest BCUT2D eigenvalue weighted by Gasteiger charge is 2.46. The second kappa shape index (κ2) is 18.2. The number of methoxy groups -OCH3 is 2. The van der Waals surface area contributed by atoms with Crippen molar-refractivity contribution in [3.8, 4) is 17.2 Å². The maximum absolute atomic E-state index is 13.4. The first kappa shape index (κ1) is 41.2. The third kappa shape index (κ3) is 9.07. The summed E-state index contributed by atoms with van der Waals surface area (Å²) in [5, 5.41) is 25.8. The molecule has 0 atom stereocenters. The van der Waals surface area contributed by atoms with Gasteiger partial charge in [-0.25, -0.2) is 4.85 Å². The molecule has 10 heteroatoms. The van der Waals surface area contributed by atoms with E-state index in [1.807, 2.05) is 48.5 Å². The second-order valence-corrected chi connectivity index (χ2v) is 16.5. The molecule has 0 aromatic heterocycles. The maximum atomic E-state index is 13.4. The number of ether oxygens (including phenoxy) is 2. The molecule has 8 nitrogen and oxygen atoms in total. The lowest BCUT2D eigenvalue weighted by Gasteiger charge is -2.41. The molecule has 288 valence electrons. The molecule has 8 rings (SSSR count). The molecule has 0 heterocycles. The largest absolute Gasteiger partial charge is 0.488 e. The first-order valence-corrected chi connectivity index (χ1v) is 20.2. The molecule has 0 saturated heterocycles. The van der Waals surface area contributed by atoms with Gasteiger partial charge in [-0.05, 0) is 141 Å². The molecule has 2 saturated carbocycles. The molecule has 2 N–H and O–H groups in total. The predicted molar refractivity (Wildman–Crippen MR) is 222 cm³/mol. The number of hydrogen-bond acceptors (Lipinski definition) is 7. The molecule has 0 amide bonds. The zero-order chi connectivity index (χ0) is 39.9. The van der Waals surface area contributed by atoms with Crippen molar-refractivity contribution in [1.29, 1.82) is 5.26 Å². The number of halogens is 1. The highest BCUT2D eigenvalue weighted by Crippen LogP contribution is 2.48. The normalized spacial score (nSPS) is 23.6. The summed E-state index contributed by atoms with van der Waals surface area (Å²) in [5.41, 5.74) is 7.31. The molecular formula is C46H48BBrN2O6. The van der Waals surface area contributed by atoms with E-state index in [0.717, 1.165) is 104 Å². The number of aryl methyl sites for hydroxylation is 2. The van der Waals surface area contributed by atoms with E-state index in [4.69, 9.17) is 31.4 Å². The lowest BCUT2D eigenvalue weighted by Crippen LogP contribution is -2.40. The number of nitriles is 1. The van der Waals surface area contributed by atoms with Gasteiger partial charge in [-0.2, -0.15) is 5.26 Å². The average molecular weight is 816 g/mol. The molecule has 4 aliphatic carbocycles. The van der Waals surface area contributed by atoms with E-state index in [1.54, 1.807) is 32.4 Å². The SMILES string of the molecule is COC1CCC2(CCc3ccc(Br)cc3C2=O)CC1.N#Cc1cccc(B(O)O)c1.[C-]#[N+]c1cccc(-c2ccc3c(c2)C(=O)C2(CC3)CCC(OC)CC2)c1. The Morgan fingerprint density at radius 1 is 0.732 bits per heavy atom. The van der Waals surface area contributed by atoms with Crippen molar-refractivity contribution in [2.45, 2.75) is 89.3 Å². The Morgan fingerprint density at radius 3 is 1.80 bits per heavy atom. The zero-order valence-electron chi connectivity index (χ0n) is 32.1. The third-order valence-corrected chi connectivity index (χ3v) is 12.9. The molecule has 0 radical (unpaired) electrons. The van der Waals surface area contributed by atoms with Crippen LogP contribution in [0.15, 0.2) is 89.4 Å². The second-order valence-electron chi connectivity index (χ2n) is 15.5. The van der Waals surface area contributed by atoms with Gasteiger partial charge in [0.15, 0.2) is 17.3 Å². The lowest BCUT2D eigenvalue weighted by molar-refractivity contribution is 0.0215. The Bertz CT molecular complexity index is 2140. The van der Waals surface area contributed by atoms with Gasteiger partial charge in [-0.15, -0.1) is 0 Å². The number of fused-ring (bicyclic) bond motifs is 2. The van der Waals surface area contributed by atoms with Crippen LogP contribution in [0.4, 0.5) is 5.69 Å². The summed E-state index contributed by atoms with van der Waals surface area (Å²) >= 11 is 3.48. The van der Waals surface area contributed by atoms with E-state index in [-0.39, 0.29) is 10.8 Å². The number of carbonyl (C=O) groups excluding carboxylic acids is 2. The van der Waals surface area contributed by atoms with Gasteiger partial charge in [-0.3, -0.25) is 9.59 Å². The van der Waals surface area contributed by atoms with Gasteiger partial charge in [0.25, 0.3) is 0 Å². The highest BCUT2D eigenvalue weighted by atomic mass is 79.9. The Morgan fingerprint density at radius 2 is 1.27 bits per heavy atom. The fraction of sp³-hybridized carbons (Fsp3) is 0.391. The number of rotatable bonds is 4. The van der Waals surface area contributed by atoms with Crippen LogP contribution < -0.4 is 5.46 Å². The van der Waals surface area contributed by atoms with Gasteiger partial charge in [0.2, 0.25) is 0 Å². The average Bonchev–Trinajstić information content (AvgIpc) is 3.25. The molecule has 0 unspecified atom stereocenters. The molecule has 0 bridgehead atoms. The Kier molecular flexibility index (Phi) is 13.4. The van der Waals surface area contributed by atoms with Gasteiger partial charge in [0, 0.05) is 40.6 Å². The van der Waals surface area contributed by atoms with Crippen molar-refractivity contribution >= 4 is 45.8 Å². The fourth-order valence-corrected chi connectivity index (χ4v) is 9.31. The van der Waals surface area contributed by atoms with E-state index < -0.39 is 7.12 Å². The standard InChI is InChI=1S/C23H23NO2.C16H19BrO2.C7H6BNO2/c1-24-19-5-3-4-17(14-19)18-7-6-16-8-11-23(22(25)21(16)15-18)12-9-20(26-2)10-13-23;1-19-13-5-8-16(9-6-13)7-4-11-2-3-12(17)10-14(11)15(16)18;9-5-6-2-1-3-7(4-6)8(10)11/h3-7,14-15,20H,8-13H2,2H3;2-3,10,13H,4-9H2,1H3;1-4,10-11H. The van der Waals surface area contributed by atoms with Crippen LogP contribution in [-0.4, -0.2) is 55.2 Å². The summed E-state index contributed by atoms with van der Waals surface area (Å²) in [6.45, 7) is 7.21. The predicted octanol–water partition coefficient (Wildman–Crippen LogP) is 9.00. The van der Waals surface area contributed by atoms with Gasteiger partial charge in [0.05, 0.1) is 30.4 Å². The van der Waals surface area contributed by atoms with E-state index in [1.165, 1.54) is 17.2 Å². The van der Waals surface area contributed by atoms with Crippen LogP contribution in [-0.2, 0) is 22.3 Å². The highest BCUT2D eigenvalue weighted by molar-refractivity contribution is 9.10. The number of nitrogens with zero attached hydrogens (tertiary/aromatic N) is 2. The first-order chi connectivity index (χ1) is 27.0. The molecule has 0 aliphatic heterocycles. The maximum Gasteiger partial charge on any atom is 0.488 e. The van der Waals surface area contributed by atoms with Crippen LogP contribution in [0.25, 0.3) is 16.0 Å². The van der Waals surface area contributed by atoms with E-state index >= 15 is 0 Å². The number of Topliss-reactive ketones (excluding diaryl/α,β-unsaturated/α-hetero) is 2. The molecule has 2 spiro atoms. The van der Waals surface area contributed by atoms with Crippen molar-refractivity contribution in [3.63, 3.8) is 0 Å². The van der Waals surface area contributed by atoms with Crippen LogP contribution in [0.3, 0.4) is 0 Å². The molecular weight excluding hydrogens is 767 g/mol. The fourth-order valence-electron chi connectivity index (χ4n) is 8.95. The monoisotopic (exact) mass is 814 g/mol. The van der Waals surface area contributed by atoms with Crippen LogP contribution in [0, 0.1) is 28.7 Å². The van der Waals surface area contributed by atoms with E-state index in [2.05, 4.69) is 39.0 Å². The molecule has 4 aromatic carbocycles. The van der Waals surface area contributed by atoms with Gasteiger partial charge < -0.3 is 19.5 Å². The number of ketones is 2. The van der Waals surface area contributed by atoms with Crippen molar-refractivity contribution in [2.24, 2.45) is 10.8 Å². The van der Waals surface area contributed by atoms with Crippen molar-refractivity contribution < 1.29 is 29.1 Å². The minimum Gasteiger partial charge on any atom is -0.423 e. The number of benzene rings is 4. The van der Waals surface area contributed by atoms with E-state index in [9.17, 15) is 9.59 Å². The molecule has 4 aromatic rings. The first-order valence-electron chi connectivity index (χ1n) is 19.4. The van der Waals surface area contributed by atoms with Crippen LogP contribution in [0.5, 0.6) is 0 Å². The Balaban J connectivity index is 0.000000155. The summed E-state index contributed by atoms with van der Waals surface area (Å²) in [4.78, 5) is 29.8. The Hall–Kier alpha value is -4.42. The van der Waals surface area contributed by atoms with Gasteiger partial charge in [-0.1, -0.05) is 64.5 Å². The van der Waals surface area contributed by atoms with Crippen LogP contribution in [0.2, 0.25) is 0 Å². The lowest BCUT2D eigenvalue weighted by atomic mass is 9.62. The summed E-state index contributed by atoms with van der Waals surface area (Å²) in [7, 11) is 2.05. The summed E-state index contributed by atoms with van der Waals surface area (Å²) < 4.78 is 11.9. The van der Waals surface area contributed by atoms with Gasteiger partial charge >= 0.3 is 7.12 Å². The topological polar surface area (TPSA) is 121 Å². The van der Waals surface area contributed by atoms with Crippen molar-refractivity contribution in [3.05, 3.63) is 129 Å². The van der Waals surface area contributed by atoms with Crippen LogP contribution in [0.1, 0.15) is 102 Å². The number of carbonyl (C=O) groups is 2. The minimum atomic E-state index is -1.50. The zero-order valence-corrected chi connectivity index (χ0v) is 33.7. The van der Waals surface area contributed by atoms with Crippen molar-refractivity contribution in [2.75, 3.05) is 14.2 Å². The smallest absolute Gasteiger partial charge is 0.423 e. The summed E-state index contributed by atoms with van der Waals surface area (Å²) in [6, 6.07) is 28.0. The molecule has 2 fully saturated rings. The van der Waals surface area contributed by atoms with Crippen LogP contribution >= 0.6 is 15.9 Å². The third-order valence-electron chi connectivity index (χ3n) is 12.4. The summed E-state index contributed by atoms with van der Waals surface area (Å²) in [5.74, 6) is 0.682. The number of hydrogen-bond donors (Lipinski definition) is 2. The van der Waals surface area contributed by atoms with E-state index in [0.29, 0.717) is 40.5 Å². The van der Waals surface area contributed by atoms with Gasteiger partial charge in [0.1, 0.15) is 0 Å². The summed E-state index contributed by atoms with van der Waals surface area (Å²) in [6.07, 6.45) is 12.5. The Labute approximate surface area is 339 Å². The quantitative estimate of drug-likeness (QED) is 0.156. The minimum absolute atomic E-state index is 0.108. The molecule has 4 aliphatic rings.